The summed E-state index contributed by atoms with van der Waals surface area (Å²) in [5, 5.41) is 9.02. The predicted molar refractivity (Wildman–Crippen MR) is 53.1 cm³/mol. The van der Waals surface area contributed by atoms with Crippen molar-refractivity contribution in [2.75, 3.05) is 6.61 Å². The van der Waals surface area contributed by atoms with Gasteiger partial charge < -0.3 is 10.8 Å². The molecule has 0 saturated heterocycles. The van der Waals surface area contributed by atoms with E-state index in [2.05, 4.69) is 13.8 Å². The standard InChI is InChI=1S/C10H21NO2/c1-8(2)6-9(7-12)4-3-5-10(11)13/h8-9,12H,3-7H2,1-2H3,(H2,11,13)/t9-/m0/s1. The number of aliphatic hydroxyl groups excluding tert-OH is 1. The van der Waals surface area contributed by atoms with Crippen molar-refractivity contribution in [2.24, 2.45) is 17.6 Å². The Kier molecular flexibility index (Phi) is 6.59. The van der Waals surface area contributed by atoms with Gasteiger partial charge in [-0.1, -0.05) is 13.8 Å². The van der Waals surface area contributed by atoms with Gasteiger partial charge in [-0.15, -0.1) is 0 Å². The number of hydrogen-bond donors (Lipinski definition) is 2. The Morgan fingerprint density at radius 2 is 2.08 bits per heavy atom. The molecule has 0 heterocycles. The molecule has 3 nitrogen and oxygen atoms in total. The minimum Gasteiger partial charge on any atom is -0.396 e. The average Bonchev–Trinajstić information content (AvgIpc) is 2.01. The lowest BCUT2D eigenvalue weighted by Crippen LogP contribution is -2.13. The first-order chi connectivity index (χ1) is 6.06. The zero-order valence-electron chi connectivity index (χ0n) is 8.62. The molecule has 0 fully saturated rings. The zero-order valence-corrected chi connectivity index (χ0v) is 8.62. The third kappa shape index (κ3) is 7.78. The fraction of sp³-hybridized carbons (Fsp3) is 0.900. The van der Waals surface area contributed by atoms with Crippen molar-refractivity contribution in [1.82, 2.24) is 0 Å². The van der Waals surface area contributed by atoms with Crippen molar-refractivity contribution in [3.8, 4) is 0 Å². The van der Waals surface area contributed by atoms with Crippen LogP contribution in [0, 0.1) is 11.8 Å². The van der Waals surface area contributed by atoms with Crippen molar-refractivity contribution in [1.29, 1.82) is 0 Å². The van der Waals surface area contributed by atoms with Gasteiger partial charge in [0.25, 0.3) is 0 Å². The molecule has 0 aromatic carbocycles. The van der Waals surface area contributed by atoms with Crippen LogP contribution in [-0.4, -0.2) is 17.6 Å². The van der Waals surface area contributed by atoms with Gasteiger partial charge >= 0.3 is 0 Å². The van der Waals surface area contributed by atoms with E-state index in [1.807, 2.05) is 0 Å². The molecule has 0 saturated carbocycles. The molecule has 3 heteroatoms. The Balaban J connectivity index is 3.53. The minimum absolute atomic E-state index is 0.219. The van der Waals surface area contributed by atoms with Crippen molar-refractivity contribution in [3.63, 3.8) is 0 Å². The van der Waals surface area contributed by atoms with Gasteiger partial charge in [0.15, 0.2) is 0 Å². The molecule has 78 valence electrons. The second-order valence-corrected chi connectivity index (χ2v) is 4.04. The van der Waals surface area contributed by atoms with E-state index in [-0.39, 0.29) is 12.5 Å². The Morgan fingerprint density at radius 3 is 2.46 bits per heavy atom. The molecular formula is C10H21NO2. The van der Waals surface area contributed by atoms with Crippen LogP contribution in [-0.2, 0) is 4.79 Å². The van der Waals surface area contributed by atoms with Gasteiger partial charge in [-0.05, 0) is 31.1 Å². The summed E-state index contributed by atoms with van der Waals surface area (Å²) in [6, 6.07) is 0. The average molecular weight is 187 g/mol. The van der Waals surface area contributed by atoms with Gasteiger partial charge in [-0.25, -0.2) is 0 Å². The molecule has 0 aliphatic heterocycles. The van der Waals surface area contributed by atoms with E-state index in [0.29, 0.717) is 18.3 Å². The lowest BCUT2D eigenvalue weighted by atomic mass is 9.93. The summed E-state index contributed by atoms with van der Waals surface area (Å²) < 4.78 is 0. The lowest BCUT2D eigenvalue weighted by Gasteiger charge is -2.15. The molecular weight excluding hydrogens is 166 g/mol. The molecule has 0 unspecified atom stereocenters. The van der Waals surface area contributed by atoms with E-state index in [1.54, 1.807) is 0 Å². The van der Waals surface area contributed by atoms with E-state index < -0.39 is 0 Å². The number of amides is 1. The third-order valence-corrected chi connectivity index (χ3v) is 2.10. The molecule has 0 spiro atoms. The first kappa shape index (κ1) is 12.4. The number of primary amides is 1. The normalized spacial score (nSPS) is 13.2. The molecule has 1 amide bonds. The highest BCUT2D eigenvalue weighted by molar-refractivity contribution is 5.73. The van der Waals surface area contributed by atoms with Crippen LogP contribution in [0.3, 0.4) is 0 Å². The van der Waals surface area contributed by atoms with E-state index in [4.69, 9.17) is 10.8 Å². The van der Waals surface area contributed by atoms with Gasteiger partial charge in [0.2, 0.25) is 5.91 Å². The van der Waals surface area contributed by atoms with Crippen LogP contribution in [0.4, 0.5) is 0 Å². The number of rotatable bonds is 7. The number of nitrogens with two attached hydrogens (primary N) is 1. The second-order valence-electron chi connectivity index (χ2n) is 4.04. The topological polar surface area (TPSA) is 63.3 Å². The Morgan fingerprint density at radius 1 is 1.46 bits per heavy atom. The largest absolute Gasteiger partial charge is 0.396 e. The maximum atomic E-state index is 10.5. The fourth-order valence-electron chi connectivity index (χ4n) is 1.52. The molecule has 13 heavy (non-hydrogen) atoms. The summed E-state index contributed by atoms with van der Waals surface area (Å²) in [6.07, 6.45) is 3.16. The van der Waals surface area contributed by atoms with Crippen LogP contribution in [0.25, 0.3) is 0 Å². The van der Waals surface area contributed by atoms with E-state index in [1.165, 1.54) is 0 Å². The first-order valence-electron chi connectivity index (χ1n) is 4.95. The number of carbonyl (C=O) groups excluding carboxylic acids is 1. The summed E-state index contributed by atoms with van der Waals surface area (Å²) in [4.78, 5) is 10.5. The van der Waals surface area contributed by atoms with Gasteiger partial charge in [0.1, 0.15) is 0 Å². The van der Waals surface area contributed by atoms with Crippen molar-refractivity contribution < 1.29 is 9.90 Å². The smallest absolute Gasteiger partial charge is 0.217 e. The molecule has 0 bridgehead atoms. The minimum atomic E-state index is -0.249. The second kappa shape index (κ2) is 6.89. The molecule has 0 aliphatic carbocycles. The highest BCUT2D eigenvalue weighted by atomic mass is 16.3. The van der Waals surface area contributed by atoms with E-state index >= 15 is 0 Å². The molecule has 3 N–H and O–H groups in total. The third-order valence-electron chi connectivity index (χ3n) is 2.10. The fourth-order valence-corrected chi connectivity index (χ4v) is 1.52. The van der Waals surface area contributed by atoms with Gasteiger partial charge in [0, 0.05) is 13.0 Å². The highest BCUT2D eigenvalue weighted by Gasteiger charge is 2.09. The Labute approximate surface area is 80.3 Å². The predicted octanol–water partition coefficient (Wildman–Crippen LogP) is 1.30. The van der Waals surface area contributed by atoms with Crippen LogP contribution < -0.4 is 5.73 Å². The van der Waals surface area contributed by atoms with Crippen LogP contribution >= 0.6 is 0 Å². The van der Waals surface area contributed by atoms with Gasteiger partial charge in [-0.2, -0.15) is 0 Å². The van der Waals surface area contributed by atoms with Gasteiger partial charge in [-0.3, -0.25) is 4.79 Å². The summed E-state index contributed by atoms with van der Waals surface area (Å²) in [7, 11) is 0. The summed E-state index contributed by atoms with van der Waals surface area (Å²) >= 11 is 0. The first-order valence-corrected chi connectivity index (χ1v) is 4.95. The van der Waals surface area contributed by atoms with Crippen LogP contribution in [0.1, 0.15) is 39.5 Å². The molecule has 0 aromatic rings. The zero-order chi connectivity index (χ0) is 10.3. The van der Waals surface area contributed by atoms with Crippen LogP contribution in [0.5, 0.6) is 0 Å². The summed E-state index contributed by atoms with van der Waals surface area (Å²) in [5.41, 5.74) is 5.02. The summed E-state index contributed by atoms with van der Waals surface area (Å²) in [5.74, 6) is 0.686. The maximum absolute atomic E-state index is 10.5. The highest BCUT2D eigenvalue weighted by Crippen LogP contribution is 2.17. The monoisotopic (exact) mass is 187 g/mol. The number of aliphatic hydroxyl groups is 1. The van der Waals surface area contributed by atoms with Crippen LogP contribution in [0.2, 0.25) is 0 Å². The quantitative estimate of drug-likeness (QED) is 0.631. The molecule has 0 aliphatic rings. The number of hydrogen-bond acceptors (Lipinski definition) is 2. The SMILES string of the molecule is CC(C)C[C@@H](CO)CCCC(N)=O. The van der Waals surface area contributed by atoms with Crippen molar-refractivity contribution in [3.05, 3.63) is 0 Å². The van der Waals surface area contributed by atoms with Crippen molar-refractivity contribution >= 4 is 5.91 Å². The Hall–Kier alpha value is -0.570. The molecule has 0 aromatic heterocycles. The Bertz CT molecular complexity index is 146. The van der Waals surface area contributed by atoms with Crippen LogP contribution in [0.15, 0.2) is 0 Å². The molecule has 0 radical (unpaired) electrons. The lowest BCUT2D eigenvalue weighted by molar-refractivity contribution is -0.118. The number of carbonyl (C=O) groups is 1. The van der Waals surface area contributed by atoms with E-state index in [0.717, 1.165) is 19.3 Å². The summed E-state index contributed by atoms with van der Waals surface area (Å²) in [6.45, 7) is 4.49. The molecule has 1 atom stereocenters. The maximum Gasteiger partial charge on any atom is 0.217 e. The van der Waals surface area contributed by atoms with E-state index in [9.17, 15) is 4.79 Å². The van der Waals surface area contributed by atoms with Crippen molar-refractivity contribution in [2.45, 2.75) is 39.5 Å². The molecule has 0 rings (SSSR count). The van der Waals surface area contributed by atoms with Gasteiger partial charge in [0.05, 0.1) is 0 Å².